The highest BCUT2D eigenvalue weighted by Gasteiger charge is 2.17. The average Bonchev–Trinajstić information content (AvgIpc) is 2.57. The van der Waals surface area contributed by atoms with E-state index in [9.17, 15) is 9.59 Å². The molecule has 2 rings (SSSR count). The summed E-state index contributed by atoms with van der Waals surface area (Å²) in [5.41, 5.74) is 2.72. The second kappa shape index (κ2) is 8.64. The van der Waals surface area contributed by atoms with Crippen LogP contribution >= 0.6 is 0 Å². The number of anilines is 1. The van der Waals surface area contributed by atoms with Gasteiger partial charge < -0.3 is 15.4 Å². The standard InChI is InChI=1S/C17H25N3O3/c1-3-14-6-4-5-13(2)15(14)19-17(22)16(21)18-7-8-20-9-11-23-12-10-20/h4-6H,3,7-12H2,1-2H3,(H,18,21)(H,19,22). The van der Waals surface area contributed by atoms with E-state index >= 15 is 0 Å². The highest BCUT2D eigenvalue weighted by Crippen LogP contribution is 2.20. The van der Waals surface area contributed by atoms with Crippen molar-refractivity contribution < 1.29 is 14.3 Å². The molecule has 2 N–H and O–H groups in total. The van der Waals surface area contributed by atoms with E-state index in [-0.39, 0.29) is 0 Å². The van der Waals surface area contributed by atoms with E-state index in [1.807, 2.05) is 32.0 Å². The first-order chi connectivity index (χ1) is 11.1. The molecule has 1 aliphatic heterocycles. The smallest absolute Gasteiger partial charge is 0.313 e. The van der Waals surface area contributed by atoms with Gasteiger partial charge in [-0.1, -0.05) is 25.1 Å². The largest absolute Gasteiger partial charge is 0.379 e. The van der Waals surface area contributed by atoms with Gasteiger partial charge in [0.25, 0.3) is 0 Å². The number of benzene rings is 1. The summed E-state index contributed by atoms with van der Waals surface area (Å²) in [6.45, 7) is 8.31. The number of morpholine rings is 1. The predicted octanol–water partition coefficient (Wildman–Crippen LogP) is 0.944. The Kier molecular flexibility index (Phi) is 6.55. The van der Waals surface area contributed by atoms with Crippen LogP contribution in [-0.2, 0) is 20.7 Å². The first kappa shape index (κ1) is 17.4. The van der Waals surface area contributed by atoms with Gasteiger partial charge in [-0.25, -0.2) is 0 Å². The molecule has 1 saturated heterocycles. The van der Waals surface area contributed by atoms with Gasteiger partial charge in [0, 0.05) is 31.9 Å². The van der Waals surface area contributed by atoms with Gasteiger partial charge in [-0.3, -0.25) is 14.5 Å². The van der Waals surface area contributed by atoms with Crippen molar-refractivity contribution >= 4 is 17.5 Å². The zero-order chi connectivity index (χ0) is 16.7. The maximum Gasteiger partial charge on any atom is 0.313 e. The van der Waals surface area contributed by atoms with Crippen LogP contribution in [-0.4, -0.2) is 56.1 Å². The van der Waals surface area contributed by atoms with Crippen molar-refractivity contribution in [3.8, 4) is 0 Å². The lowest BCUT2D eigenvalue weighted by Crippen LogP contribution is -2.43. The second-order valence-corrected chi connectivity index (χ2v) is 5.63. The Bertz CT molecular complexity index is 554. The maximum atomic E-state index is 12.1. The molecule has 126 valence electrons. The fourth-order valence-electron chi connectivity index (χ4n) is 2.60. The number of carbonyl (C=O) groups is 2. The summed E-state index contributed by atoms with van der Waals surface area (Å²) in [5, 5.41) is 5.41. The molecular weight excluding hydrogens is 294 g/mol. The Labute approximate surface area is 137 Å². The van der Waals surface area contributed by atoms with Gasteiger partial charge in [-0.05, 0) is 24.5 Å². The topological polar surface area (TPSA) is 70.7 Å². The summed E-state index contributed by atoms with van der Waals surface area (Å²) < 4.78 is 5.27. The Hall–Kier alpha value is -1.92. The van der Waals surface area contributed by atoms with Gasteiger partial charge in [-0.15, -0.1) is 0 Å². The molecule has 0 aliphatic carbocycles. The second-order valence-electron chi connectivity index (χ2n) is 5.63. The van der Waals surface area contributed by atoms with E-state index in [2.05, 4.69) is 15.5 Å². The molecule has 1 heterocycles. The fraction of sp³-hybridized carbons (Fsp3) is 0.529. The Morgan fingerprint density at radius 2 is 1.96 bits per heavy atom. The summed E-state index contributed by atoms with van der Waals surface area (Å²) in [7, 11) is 0. The van der Waals surface area contributed by atoms with Crippen LogP contribution in [0.15, 0.2) is 18.2 Å². The average molecular weight is 319 g/mol. The van der Waals surface area contributed by atoms with Crippen LogP contribution in [0.3, 0.4) is 0 Å². The molecule has 6 heteroatoms. The van der Waals surface area contributed by atoms with Crippen LogP contribution < -0.4 is 10.6 Å². The minimum absolute atomic E-state index is 0.459. The SMILES string of the molecule is CCc1cccc(C)c1NC(=O)C(=O)NCCN1CCOCC1. The number of nitrogens with one attached hydrogen (secondary N) is 2. The molecular formula is C17H25N3O3. The summed E-state index contributed by atoms with van der Waals surface area (Å²) in [6.07, 6.45) is 0.802. The van der Waals surface area contributed by atoms with E-state index in [1.54, 1.807) is 0 Å². The molecule has 1 aliphatic rings. The number of hydrogen-bond donors (Lipinski definition) is 2. The first-order valence-electron chi connectivity index (χ1n) is 8.09. The predicted molar refractivity (Wildman–Crippen MR) is 89.5 cm³/mol. The van der Waals surface area contributed by atoms with Crippen molar-refractivity contribution in [2.75, 3.05) is 44.7 Å². The molecule has 23 heavy (non-hydrogen) atoms. The number of para-hydroxylation sites is 1. The molecule has 0 unspecified atom stereocenters. The zero-order valence-corrected chi connectivity index (χ0v) is 13.9. The molecule has 0 atom stereocenters. The maximum absolute atomic E-state index is 12.1. The lowest BCUT2D eigenvalue weighted by Gasteiger charge is -2.26. The van der Waals surface area contributed by atoms with Crippen molar-refractivity contribution in [1.29, 1.82) is 0 Å². The van der Waals surface area contributed by atoms with Crippen LogP contribution in [0.2, 0.25) is 0 Å². The summed E-state index contributed by atoms with van der Waals surface area (Å²) in [6, 6.07) is 5.83. The van der Waals surface area contributed by atoms with Crippen molar-refractivity contribution in [2.24, 2.45) is 0 Å². The minimum Gasteiger partial charge on any atom is -0.379 e. The number of rotatable bonds is 5. The summed E-state index contributed by atoms with van der Waals surface area (Å²) in [5.74, 6) is -1.21. The lowest BCUT2D eigenvalue weighted by molar-refractivity contribution is -0.136. The first-order valence-corrected chi connectivity index (χ1v) is 8.09. The van der Waals surface area contributed by atoms with Crippen molar-refractivity contribution in [3.05, 3.63) is 29.3 Å². The minimum atomic E-state index is -0.615. The van der Waals surface area contributed by atoms with Crippen LogP contribution in [0.25, 0.3) is 0 Å². The Balaban J connectivity index is 1.82. The molecule has 0 aromatic heterocycles. The lowest BCUT2D eigenvalue weighted by atomic mass is 10.1. The van der Waals surface area contributed by atoms with Crippen LogP contribution in [0, 0.1) is 6.92 Å². The van der Waals surface area contributed by atoms with Gasteiger partial charge in [0.05, 0.1) is 13.2 Å². The molecule has 6 nitrogen and oxygen atoms in total. The molecule has 0 spiro atoms. The number of carbonyl (C=O) groups excluding carboxylic acids is 2. The third kappa shape index (κ3) is 5.04. The quantitative estimate of drug-likeness (QED) is 0.793. The summed E-state index contributed by atoms with van der Waals surface area (Å²) in [4.78, 5) is 26.2. The van der Waals surface area contributed by atoms with Crippen molar-refractivity contribution in [1.82, 2.24) is 10.2 Å². The Morgan fingerprint density at radius 3 is 2.65 bits per heavy atom. The normalized spacial score (nSPS) is 15.2. The van der Waals surface area contributed by atoms with Crippen LogP contribution in [0.5, 0.6) is 0 Å². The van der Waals surface area contributed by atoms with Gasteiger partial charge in [-0.2, -0.15) is 0 Å². The number of nitrogens with zero attached hydrogens (tertiary/aromatic N) is 1. The Morgan fingerprint density at radius 1 is 1.22 bits per heavy atom. The van der Waals surface area contributed by atoms with E-state index in [1.165, 1.54) is 0 Å². The molecule has 1 aromatic carbocycles. The van der Waals surface area contributed by atoms with Crippen molar-refractivity contribution in [3.63, 3.8) is 0 Å². The highest BCUT2D eigenvalue weighted by molar-refractivity contribution is 6.39. The van der Waals surface area contributed by atoms with E-state index in [0.717, 1.165) is 56.1 Å². The third-order valence-corrected chi connectivity index (χ3v) is 4.00. The molecule has 0 bridgehead atoms. The van der Waals surface area contributed by atoms with Gasteiger partial charge in [0.1, 0.15) is 0 Å². The van der Waals surface area contributed by atoms with Crippen LogP contribution in [0.4, 0.5) is 5.69 Å². The number of hydrogen-bond acceptors (Lipinski definition) is 4. The number of ether oxygens (including phenoxy) is 1. The third-order valence-electron chi connectivity index (χ3n) is 4.00. The number of amides is 2. The molecule has 1 aromatic rings. The van der Waals surface area contributed by atoms with Crippen molar-refractivity contribution in [2.45, 2.75) is 20.3 Å². The highest BCUT2D eigenvalue weighted by atomic mass is 16.5. The van der Waals surface area contributed by atoms with Gasteiger partial charge >= 0.3 is 11.8 Å². The van der Waals surface area contributed by atoms with E-state index < -0.39 is 11.8 Å². The zero-order valence-electron chi connectivity index (χ0n) is 13.9. The molecule has 1 fully saturated rings. The van der Waals surface area contributed by atoms with Gasteiger partial charge in [0.2, 0.25) is 0 Å². The van der Waals surface area contributed by atoms with E-state index in [0.29, 0.717) is 6.54 Å². The summed E-state index contributed by atoms with van der Waals surface area (Å²) >= 11 is 0. The van der Waals surface area contributed by atoms with E-state index in [4.69, 9.17) is 4.74 Å². The molecule has 2 amide bonds. The fourth-order valence-corrected chi connectivity index (χ4v) is 2.60. The monoisotopic (exact) mass is 319 g/mol. The van der Waals surface area contributed by atoms with Gasteiger partial charge in [0.15, 0.2) is 0 Å². The molecule has 0 radical (unpaired) electrons. The number of aryl methyl sites for hydroxylation is 2. The van der Waals surface area contributed by atoms with Crippen LogP contribution in [0.1, 0.15) is 18.1 Å². The molecule has 0 saturated carbocycles.